The van der Waals surface area contributed by atoms with Crippen LogP contribution in [-0.2, 0) is 5.21 Å². The van der Waals surface area contributed by atoms with Crippen LogP contribution in [0, 0.1) is 0 Å². The Kier molecular flexibility index (Phi) is 8.95. The predicted molar refractivity (Wildman–Crippen MR) is 51.3 cm³/mol. The number of unbranched alkanes of at least 4 members (excludes halogenated alkanes) is 4. The van der Waals surface area contributed by atoms with E-state index < -0.39 is 0 Å². The van der Waals surface area contributed by atoms with Gasteiger partial charge in [-0.2, -0.15) is 5.06 Å². The maximum absolute atomic E-state index is 11.0. The molecule has 0 unspecified atom stereocenters. The lowest BCUT2D eigenvalue weighted by molar-refractivity contribution is -0.157. The summed E-state index contributed by atoms with van der Waals surface area (Å²) >= 11 is 0. The fourth-order valence-corrected chi connectivity index (χ4v) is 1.25. The zero-order valence-corrected chi connectivity index (χ0v) is 8.51. The van der Waals surface area contributed by atoms with Crippen LogP contribution >= 0.6 is 0 Å². The van der Waals surface area contributed by atoms with E-state index in [9.17, 15) is 5.21 Å². The summed E-state index contributed by atoms with van der Waals surface area (Å²) in [6.45, 7) is 5.68. The monoisotopic (exact) mass is 172 g/mol. The van der Waals surface area contributed by atoms with Crippen molar-refractivity contribution in [2.45, 2.75) is 52.4 Å². The SMILES string of the molecule is CCCCCCCN([O])CCC. The number of hydrogen-bond acceptors (Lipinski definition) is 1. The van der Waals surface area contributed by atoms with Crippen LogP contribution in [0.4, 0.5) is 0 Å². The Morgan fingerprint density at radius 1 is 0.833 bits per heavy atom. The van der Waals surface area contributed by atoms with E-state index in [0.717, 1.165) is 19.4 Å². The Hall–Kier alpha value is -0.0800. The molecule has 0 amide bonds. The smallest absolute Gasteiger partial charge is 0.0271 e. The minimum Gasteiger partial charge on any atom is -0.155 e. The summed E-state index contributed by atoms with van der Waals surface area (Å²) in [5.74, 6) is 0. The van der Waals surface area contributed by atoms with Gasteiger partial charge in [-0.3, -0.25) is 0 Å². The van der Waals surface area contributed by atoms with Gasteiger partial charge in [0.25, 0.3) is 0 Å². The molecule has 0 aromatic heterocycles. The molecule has 73 valence electrons. The summed E-state index contributed by atoms with van der Waals surface area (Å²) < 4.78 is 0. The summed E-state index contributed by atoms with van der Waals surface area (Å²) in [6, 6.07) is 0. The van der Waals surface area contributed by atoms with Gasteiger partial charge in [0, 0.05) is 13.1 Å². The molecule has 0 atom stereocenters. The highest BCUT2D eigenvalue weighted by molar-refractivity contribution is 4.46. The van der Waals surface area contributed by atoms with Crippen LogP contribution in [0.2, 0.25) is 0 Å². The summed E-state index contributed by atoms with van der Waals surface area (Å²) in [5, 5.41) is 12.2. The average molecular weight is 172 g/mol. The first-order valence-corrected chi connectivity index (χ1v) is 5.23. The molecular weight excluding hydrogens is 150 g/mol. The van der Waals surface area contributed by atoms with Gasteiger partial charge in [0.1, 0.15) is 0 Å². The molecule has 0 heterocycles. The number of hydroxylamine groups is 2. The van der Waals surface area contributed by atoms with Crippen molar-refractivity contribution in [1.29, 1.82) is 0 Å². The lowest BCUT2D eigenvalue weighted by atomic mass is 10.1. The molecule has 0 aliphatic carbocycles. The van der Waals surface area contributed by atoms with Crippen LogP contribution in [0.25, 0.3) is 0 Å². The second-order valence-corrected chi connectivity index (χ2v) is 3.34. The normalized spacial score (nSPS) is 11.0. The standard InChI is InChI=1S/C10H22NO/c1-3-5-6-7-8-10-11(12)9-4-2/h3-10H2,1-2H3. The molecule has 0 aliphatic heterocycles. The van der Waals surface area contributed by atoms with Gasteiger partial charge in [0.2, 0.25) is 0 Å². The van der Waals surface area contributed by atoms with Crippen molar-refractivity contribution in [3.8, 4) is 0 Å². The van der Waals surface area contributed by atoms with Crippen LogP contribution < -0.4 is 0 Å². The number of hydrogen-bond donors (Lipinski definition) is 0. The minimum atomic E-state index is 0.702. The van der Waals surface area contributed by atoms with E-state index in [1.807, 2.05) is 6.92 Å². The molecule has 0 fully saturated rings. The van der Waals surface area contributed by atoms with Crippen LogP contribution in [0.1, 0.15) is 52.4 Å². The van der Waals surface area contributed by atoms with Gasteiger partial charge in [-0.15, -0.1) is 5.21 Å². The Balaban J connectivity index is 2.97. The summed E-state index contributed by atoms with van der Waals surface area (Å²) in [7, 11) is 0. The summed E-state index contributed by atoms with van der Waals surface area (Å²) in [6.07, 6.45) is 7.14. The maximum Gasteiger partial charge on any atom is 0.0271 e. The van der Waals surface area contributed by atoms with Gasteiger partial charge in [0.15, 0.2) is 0 Å². The first-order chi connectivity index (χ1) is 5.81. The lowest BCUT2D eigenvalue weighted by Gasteiger charge is -2.09. The summed E-state index contributed by atoms with van der Waals surface area (Å²) in [5.41, 5.74) is 0. The van der Waals surface area contributed by atoms with Crippen LogP contribution in [0.15, 0.2) is 0 Å². The topological polar surface area (TPSA) is 23.1 Å². The molecule has 2 nitrogen and oxygen atoms in total. The van der Waals surface area contributed by atoms with E-state index in [2.05, 4.69) is 6.92 Å². The minimum absolute atomic E-state index is 0.702. The lowest BCUT2D eigenvalue weighted by Crippen LogP contribution is -2.19. The molecule has 0 aliphatic rings. The quantitative estimate of drug-likeness (QED) is 0.407. The Morgan fingerprint density at radius 3 is 2.08 bits per heavy atom. The molecule has 0 aromatic carbocycles. The zero-order valence-electron chi connectivity index (χ0n) is 8.51. The van der Waals surface area contributed by atoms with Gasteiger partial charge in [0.05, 0.1) is 0 Å². The Labute approximate surface area is 76.5 Å². The van der Waals surface area contributed by atoms with Crippen molar-refractivity contribution < 1.29 is 5.21 Å². The number of rotatable bonds is 8. The van der Waals surface area contributed by atoms with E-state index in [1.54, 1.807) is 0 Å². The molecule has 2 heteroatoms. The highest BCUT2D eigenvalue weighted by Gasteiger charge is 1.98. The van der Waals surface area contributed by atoms with Crippen molar-refractivity contribution in [3.63, 3.8) is 0 Å². The second-order valence-electron chi connectivity index (χ2n) is 3.34. The van der Waals surface area contributed by atoms with Gasteiger partial charge in [-0.05, 0) is 12.8 Å². The van der Waals surface area contributed by atoms with Gasteiger partial charge in [-0.1, -0.05) is 39.5 Å². The highest BCUT2D eigenvalue weighted by atomic mass is 16.5. The van der Waals surface area contributed by atoms with Crippen LogP contribution in [0.3, 0.4) is 0 Å². The van der Waals surface area contributed by atoms with Gasteiger partial charge in [-0.25, -0.2) is 0 Å². The first-order valence-electron chi connectivity index (χ1n) is 5.23. The highest BCUT2D eigenvalue weighted by Crippen LogP contribution is 2.03. The van der Waals surface area contributed by atoms with Crippen molar-refractivity contribution in [2.75, 3.05) is 13.1 Å². The number of nitrogens with zero attached hydrogens (tertiary/aromatic N) is 1. The average Bonchev–Trinajstić information content (AvgIpc) is 2.05. The Morgan fingerprint density at radius 2 is 1.50 bits per heavy atom. The zero-order chi connectivity index (χ0) is 9.23. The third-order valence-electron chi connectivity index (χ3n) is 1.98. The summed E-state index contributed by atoms with van der Waals surface area (Å²) in [4.78, 5) is 0. The van der Waals surface area contributed by atoms with E-state index in [0.29, 0.717) is 6.54 Å². The molecule has 0 saturated heterocycles. The van der Waals surface area contributed by atoms with Gasteiger partial charge >= 0.3 is 0 Å². The van der Waals surface area contributed by atoms with Crippen molar-refractivity contribution in [3.05, 3.63) is 0 Å². The molecule has 12 heavy (non-hydrogen) atoms. The maximum atomic E-state index is 11.0. The fraction of sp³-hybridized carbons (Fsp3) is 1.00. The molecular formula is C10H22NO. The van der Waals surface area contributed by atoms with E-state index in [1.165, 1.54) is 30.7 Å². The fourth-order valence-electron chi connectivity index (χ4n) is 1.25. The van der Waals surface area contributed by atoms with E-state index in [4.69, 9.17) is 0 Å². The molecule has 0 bridgehead atoms. The van der Waals surface area contributed by atoms with Crippen molar-refractivity contribution in [1.82, 2.24) is 5.06 Å². The van der Waals surface area contributed by atoms with Crippen molar-refractivity contribution in [2.24, 2.45) is 0 Å². The molecule has 0 N–H and O–H groups in total. The Bertz CT molecular complexity index is 85.9. The van der Waals surface area contributed by atoms with Crippen molar-refractivity contribution >= 4 is 0 Å². The molecule has 0 aromatic rings. The predicted octanol–water partition coefficient (Wildman–Crippen LogP) is 3.01. The molecule has 1 radical (unpaired) electrons. The molecule has 0 spiro atoms. The van der Waals surface area contributed by atoms with Gasteiger partial charge < -0.3 is 0 Å². The van der Waals surface area contributed by atoms with E-state index >= 15 is 0 Å². The first kappa shape index (κ1) is 11.9. The van der Waals surface area contributed by atoms with E-state index in [-0.39, 0.29) is 0 Å². The largest absolute Gasteiger partial charge is 0.155 e. The second kappa shape index (κ2) is 9.01. The third-order valence-corrected chi connectivity index (χ3v) is 1.98. The molecule has 0 rings (SSSR count). The van der Waals surface area contributed by atoms with Crippen LogP contribution in [-0.4, -0.2) is 18.2 Å². The molecule has 0 saturated carbocycles. The third kappa shape index (κ3) is 8.02. The van der Waals surface area contributed by atoms with Crippen LogP contribution in [0.5, 0.6) is 0 Å².